The Hall–Kier alpha value is -2.52. The fourth-order valence-electron chi connectivity index (χ4n) is 2.75. The molecule has 1 aromatic carbocycles. The summed E-state index contributed by atoms with van der Waals surface area (Å²) in [5.41, 5.74) is 4.78. The first-order chi connectivity index (χ1) is 14.1. The number of nitrogens with two attached hydrogens (primary N) is 1. The van der Waals surface area contributed by atoms with Crippen LogP contribution in [0.2, 0.25) is 0 Å². The van der Waals surface area contributed by atoms with E-state index in [1.54, 1.807) is 12.1 Å². The van der Waals surface area contributed by atoms with Gasteiger partial charge in [0.1, 0.15) is 17.4 Å². The summed E-state index contributed by atoms with van der Waals surface area (Å²) in [5.74, 6) is -3.25. The van der Waals surface area contributed by atoms with Crippen LogP contribution in [0.25, 0.3) is 0 Å². The van der Waals surface area contributed by atoms with Gasteiger partial charge in [0.05, 0.1) is 11.7 Å². The number of carbonyl (C=O) groups excluding carboxylic acids is 2. The first-order valence-electron chi connectivity index (χ1n) is 9.03. The van der Waals surface area contributed by atoms with Crippen LogP contribution in [0.15, 0.2) is 18.2 Å². The molecule has 1 fully saturated rings. The van der Waals surface area contributed by atoms with E-state index in [9.17, 15) is 27.2 Å². The lowest BCUT2D eigenvalue weighted by Gasteiger charge is -2.26. The smallest absolute Gasteiger partial charge is 0.425 e. The monoisotopic (exact) mass is 448 g/mol. The van der Waals surface area contributed by atoms with Crippen molar-refractivity contribution in [1.29, 1.82) is 5.26 Å². The van der Waals surface area contributed by atoms with Crippen molar-refractivity contribution in [2.75, 3.05) is 24.2 Å². The standard InChI is InChI=1S/C18H20F4N4O3S/c19-12-4-3-6-14(11(12)10-23)25-7-2-1-5-13(24)15(27)26-8-9-30-17(26)29-16(28)18(20,21)22/h3-4,6,13,17,25H,1-2,5,7-9,24H2/t13-,17?/m0/s1. The fourth-order valence-corrected chi connectivity index (χ4v) is 3.80. The largest absolute Gasteiger partial charge is 0.491 e. The van der Waals surface area contributed by atoms with Gasteiger partial charge in [-0.15, -0.1) is 0 Å². The van der Waals surface area contributed by atoms with Crippen molar-refractivity contribution in [3.05, 3.63) is 29.6 Å². The van der Waals surface area contributed by atoms with Crippen molar-refractivity contribution in [3.63, 3.8) is 0 Å². The zero-order valence-electron chi connectivity index (χ0n) is 15.7. The van der Waals surface area contributed by atoms with Crippen LogP contribution in [0.3, 0.4) is 0 Å². The maximum Gasteiger partial charge on any atom is 0.491 e. The first kappa shape index (κ1) is 23.8. The predicted octanol–water partition coefficient (Wildman–Crippen LogP) is 2.57. The van der Waals surface area contributed by atoms with E-state index in [1.807, 2.05) is 0 Å². The van der Waals surface area contributed by atoms with Gasteiger partial charge in [0, 0.05) is 18.8 Å². The van der Waals surface area contributed by atoms with Gasteiger partial charge in [-0.1, -0.05) is 17.8 Å². The molecule has 1 aliphatic rings. The van der Waals surface area contributed by atoms with Crippen LogP contribution in [0.5, 0.6) is 0 Å². The topological polar surface area (TPSA) is 108 Å². The predicted molar refractivity (Wildman–Crippen MR) is 102 cm³/mol. The van der Waals surface area contributed by atoms with Crippen molar-refractivity contribution in [3.8, 4) is 6.07 Å². The zero-order chi connectivity index (χ0) is 22.3. The molecule has 0 radical (unpaired) electrons. The van der Waals surface area contributed by atoms with Gasteiger partial charge in [-0.2, -0.15) is 18.4 Å². The Morgan fingerprint density at radius 3 is 2.80 bits per heavy atom. The Labute approximate surface area is 174 Å². The zero-order valence-corrected chi connectivity index (χ0v) is 16.6. The minimum atomic E-state index is -5.14. The molecular formula is C18H20F4N4O3S. The summed E-state index contributed by atoms with van der Waals surface area (Å²) >= 11 is 0.914. The third kappa shape index (κ3) is 6.24. The first-order valence-corrected chi connectivity index (χ1v) is 10.1. The molecule has 7 nitrogen and oxygen atoms in total. The molecule has 1 amide bonds. The third-order valence-corrected chi connectivity index (χ3v) is 5.32. The highest BCUT2D eigenvalue weighted by molar-refractivity contribution is 8.00. The second kappa shape index (κ2) is 10.5. The van der Waals surface area contributed by atoms with E-state index in [4.69, 9.17) is 11.0 Å². The maximum atomic E-state index is 13.5. The SMILES string of the molecule is N#Cc1c(F)cccc1NCCCC[C@H](N)C(=O)N1CCSC1OC(=O)C(F)(F)F. The molecule has 1 aliphatic heterocycles. The number of nitrogens with one attached hydrogen (secondary N) is 1. The van der Waals surface area contributed by atoms with Gasteiger partial charge >= 0.3 is 12.1 Å². The number of benzene rings is 1. The highest BCUT2D eigenvalue weighted by Crippen LogP contribution is 2.28. The van der Waals surface area contributed by atoms with Crippen molar-refractivity contribution in [2.24, 2.45) is 5.73 Å². The van der Waals surface area contributed by atoms with Crippen molar-refractivity contribution >= 4 is 29.3 Å². The number of esters is 1. The molecule has 30 heavy (non-hydrogen) atoms. The molecule has 3 N–H and O–H groups in total. The van der Waals surface area contributed by atoms with Gasteiger partial charge in [-0.05, 0) is 31.4 Å². The molecule has 0 spiro atoms. The fraction of sp³-hybridized carbons (Fsp3) is 0.500. The lowest BCUT2D eigenvalue weighted by molar-refractivity contribution is -0.206. The van der Waals surface area contributed by atoms with E-state index >= 15 is 0 Å². The molecule has 2 atom stereocenters. The van der Waals surface area contributed by atoms with Crippen LogP contribution < -0.4 is 11.1 Å². The van der Waals surface area contributed by atoms with Crippen molar-refractivity contribution in [1.82, 2.24) is 4.90 Å². The summed E-state index contributed by atoms with van der Waals surface area (Å²) in [6.07, 6.45) is -3.81. The van der Waals surface area contributed by atoms with Crippen LogP contribution >= 0.6 is 11.8 Å². The van der Waals surface area contributed by atoms with Gasteiger partial charge in [0.15, 0.2) is 0 Å². The van der Waals surface area contributed by atoms with Gasteiger partial charge in [0.2, 0.25) is 11.5 Å². The molecule has 0 aromatic heterocycles. The van der Waals surface area contributed by atoms with E-state index in [0.717, 1.165) is 16.7 Å². The number of rotatable bonds is 8. The molecule has 0 saturated carbocycles. The van der Waals surface area contributed by atoms with Gasteiger partial charge in [0.25, 0.3) is 0 Å². The summed E-state index contributed by atoms with van der Waals surface area (Å²) in [6, 6.07) is 5.06. The Bertz CT molecular complexity index is 816. The summed E-state index contributed by atoms with van der Waals surface area (Å²) in [5, 5.41) is 11.9. The highest BCUT2D eigenvalue weighted by Gasteiger charge is 2.45. The molecule has 12 heteroatoms. The molecule has 1 aromatic rings. The van der Waals surface area contributed by atoms with E-state index in [-0.39, 0.29) is 18.5 Å². The van der Waals surface area contributed by atoms with Crippen LogP contribution in [0, 0.1) is 17.1 Å². The molecule has 1 saturated heterocycles. The third-order valence-electron chi connectivity index (χ3n) is 4.27. The number of hydrogen-bond acceptors (Lipinski definition) is 7. The van der Waals surface area contributed by atoms with Crippen molar-refractivity contribution in [2.45, 2.75) is 37.0 Å². The van der Waals surface area contributed by atoms with E-state index < -0.39 is 35.5 Å². The number of hydrogen-bond donors (Lipinski definition) is 2. The Morgan fingerprint density at radius 1 is 1.40 bits per heavy atom. The average molecular weight is 448 g/mol. The number of halogens is 4. The number of nitrogens with zero attached hydrogens (tertiary/aromatic N) is 2. The molecule has 0 aliphatic carbocycles. The van der Waals surface area contributed by atoms with E-state index in [1.165, 1.54) is 12.1 Å². The van der Waals surface area contributed by atoms with Gasteiger partial charge in [-0.3, -0.25) is 9.69 Å². The quantitative estimate of drug-likeness (QED) is 0.357. The minimum absolute atomic E-state index is 0.0876. The number of anilines is 1. The Kier molecular flexibility index (Phi) is 8.31. The van der Waals surface area contributed by atoms with Crippen LogP contribution in [0.4, 0.5) is 23.2 Å². The van der Waals surface area contributed by atoms with E-state index in [2.05, 4.69) is 10.1 Å². The summed E-state index contributed by atoms with van der Waals surface area (Å²) in [7, 11) is 0. The van der Waals surface area contributed by atoms with Crippen molar-refractivity contribution < 1.29 is 31.9 Å². The van der Waals surface area contributed by atoms with Crippen LogP contribution in [-0.2, 0) is 14.3 Å². The molecule has 2 rings (SSSR count). The normalized spacial score (nSPS) is 17.3. The van der Waals surface area contributed by atoms with Gasteiger partial charge < -0.3 is 15.8 Å². The van der Waals surface area contributed by atoms with Crippen LogP contribution in [-0.4, -0.2) is 53.4 Å². The average Bonchev–Trinajstić information content (AvgIpc) is 3.14. The summed E-state index contributed by atoms with van der Waals surface area (Å²) in [6.45, 7) is 0.537. The Morgan fingerprint density at radius 2 is 2.13 bits per heavy atom. The lowest BCUT2D eigenvalue weighted by Crippen LogP contribution is -2.47. The number of carbonyl (C=O) groups is 2. The summed E-state index contributed by atoms with van der Waals surface area (Å²) < 4.78 is 55.0. The number of ether oxygens (including phenoxy) is 1. The molecule has 1 heterocycles. The second-order valence-electron chi connectivity index (χ2n) is 6.42. The minimum Gasteiger partial charge on any atom is -0.425 e. The van der Waals surface area contributed by atoms with E-state index in [0.29, 0.717) is 30.8 Å². The molecule has 164 valence electrons. The maximum absolute atomic E-state index is 13.5. The highest BCUT2D eigenvalue weighted by atomic mass is 32.2. The summed E-state index contributed by atoms with van der Waals surface area (Å²) in [4.78, 5) is 24.5. The lowest BCUT2D eigenvalue weighted by atomic mass is 10.1. The number of thioether (sulfide) groups is 1. The number of unbranched alkanes of at least 4 members (excludes halogenated alkanes) is 1. The molecule has 0 bridgehead atoms. The Balaban J connectivity index is 1.77. The number of nitriles is 1. The van der Waals surface area contributed by atoms with Crippen LogP contribution in [0.1, 0.15) is 24.8 Å². The van der Waals surface area contributed by atoms with Gasteiger partial charge in [-0.25, -0.2) is 9.18 Å². The second-order valence-corrected chi connectivity index (χ2v) is 7.56. The number of alkyl halides is 3. The molecular weight excluding hydrogens is 428 g/mol. The number of amides is 1. The molecule has 1 unspecified atom stereocenters.